The fourth-order valence-corrected chi connectivity index (χ4v) is 5.56. The first kappa shape index (κ1) is 25.2. The SMILES string of the molecule is O=C(c1cc(CN2C(=O)N(c3ccc(S(=O)(=O)C(F)(F)F)cc3)C(=O)C23CC3)ccn1)N1CCCCC1. The molecule has 4 amide bonds. The van der Waals surface area contributed by atoms with E-state index < -0.39 is 37.7 Å². The highest BCUT2D eigenvalue weighted by Crippen LogP contribution is 2.49. The first-order chi connectivity index (χ1) is 17.5. The lowest BCUT2D eigenvalue weighted by atomic mass is 10.1. The van der Waals surface area contributed by atoms with Crippen molar-refractivity contribution in [2.75, 3.05) is 18.0 Å². The minimum absolute atomic E-state index is 0.0272. The lowest BCUT2D eigenvalue weighted by molar-refractivity contribution is -0.120. The van der Waals surface area contributed by atoms with E-state index in [0.29, 0.717) is 31.5 Å². The first-order valence-electron chi connectivity index (χ1n) is 11.8. The van der Waals surface area contributed by atoms with Crippen LogP contribution in [0.4, 0.5) is 23.7 Å². The average Bonchev–Trinajstić information content (AvgIpc) is 3.66. The Morgan fingerprint density at radius 3 is 2.24 bits per heavy atom. The molecule has 0 unspecified atom stereocenters. The summed E-state index contributed by atoms with van der Waals surface area (Å²) in [6.07, 6.45) is 5.24. The molecule has 1 spiro atoms. The zero-order valence-corrected chi connectivity index (χ0v) is 20.4. The number of amides is 4. The Hall–Kier alpha value is -3.48. The van der Waals surface area contributed by atoms with Gasteiger partial charge in [0.05, 0.1) is 10.6 Å². The molecule has 2 aliphatic heterocycles. The molecule has 0 bridgehead atoms. The van der Waals surface area contributed by atoms with Gasteiger partial charge in [-0.2, -0.15) is 13.2 Å². The summed E-state index contributed by atoms with van der Waals surface area (Å²) in [4.78, 5) is 46.6. The van der Waals surface area contributed by atoms with Gasteiger partial charge < -0.3 is 9.80 Å². The quantitative estimate of drug-likeness (QED) is 0.542. The Morgan fingerprint density at radius 2 is 1.65 bits per heavy atom. The smallest absolute Gasteiger partial charge is 0.337 e. The number of piperidine rings is 1. The number of alkyl halides is 3. The molecule has 1 aromatic heterocycles. The number of urea groups is 1. The van der Waals surface area contributed by atoms with E-state index >= 15 is 0 Å². The monoisotopic (exact) mass is 536 g/mol. The molecule has 3 heterocycles. The number of hydrogen-bond acceptors (Lipinski definition) is 6. The number of aromatic nitrogens is 1. The number of benzene rings is 1. The van der Waals surface area contributed by atoms with E-state index in [1.807, 2.05) is 0 Å². The molecule has 3 fully saturated rings. The molecule has 2 saturated heterocycles. The molecule has 0 radical (unpaired) electrons. The maximum Gasteiger partial charge on any atom is 0.501 e. The Labute approximate surface area is 210 Å². The van der Waals surface area contributed by atoms with E-state index in [4.69, 9.17) is 0 Å². The number of anilines is 1. The normalized spacial score (nSPS) is 19.6. The maximum atomic E-state index is 13.3. The van der Waals surface area contributed by atoms with Crippen molar-refractivity contribution in [3.8, 4) is 0 Å². The molecule has 37 heavy (non-hydrogen) atoms. The molecule has 0 N–H and O–H groups in total. The van der Waals surface area contributed by atoms with Gasteiger partial charge in [-0.15, -0.1) is 0 Å². The van der Waals surface area contributed by atoms with Crippen LogP contribution in [0.25, 0.3) is 0 Å². The van der Waals surface area contributed by atoms with Crippen molar-refractivity contribution in [2.45, 2.75) is 54.6 Å². The Morgan fingerprint density at radius 1 is 1.00 bits per heavy atom. The van der Waals surface area contributed by atoms with Crippen molar-refractivity contribution in [3.05, 3.63) is 53.9 Å². The van der Waals surface area contributed by atoms with E-state index in [-0.39, 0.29) is 23.8 Å². The number of likely N-dealkylation sites (tertiary alicyclic amines) is 1. The summed E-state index contributed by atoms with van der Waals surface area (Å²) in [6.45, 7) is 1.35. The van der Waals surface area contributed by atoms with Gasteiger partial charge in [-0.1, -0.05) is 0 Å². The second-order valence-electron chi connectivity index (χ2n) is 9.39. The highest BCUT2D eigenvalue weighted by molar-refractivity contribution is 7.92. The molecule has 1 aromatic carbocycles. The predicted molar refractivity (Wildman–Crippen MR) is 124 cm³/mol. The molecule has 2 aromatic rings. The van der Waals surface area contributed by atoms with Crippen LogP contribution in [-0.4, -0.2) is 65.2 Å². The number of nitrogens with zero attached hydrogens (tertiary/aromatic N) is 4. The van der Waals surface area contributed by atoms with Gasteiger partial charge in [-0.25, -0.2) is 18.1 Å². The highest BCUT2D eigenvalue weighted by Gasteiger charge is 2.65. The van der Waals surface area contributed by atoms with Crippen LogP contribution in [0.1, 0.15) is 48.2 Å². The lowest BCUT2D eigenvalue weighted by Crippen LogP contribution is -2.37. The van der Waals surface area contributed by atoms with Gasteiger partial charge in [-0.3, -0.25) is 14.6 Å². The third-order valence-electron chi connectivity index (χ3n) is 7.00. The topological polar surface area (TPSA) is 108 Å². The van der Waals surface area contributed by atoms with Gasteiger partial charge in [-0.05, 0) is 74.1 Å². The van der Waals surface area contributed by atoms with Crippen LogP contribution in [0, 0.1) is 0 Å². The number of pyridine rings is 1. The van der Waals surface area contributed by atoms with Gasteiger partial charge in [0.1, 0.15) is 11.2 Å². The Bertz CT molecular complexity index is 1370. The van der Waals surface area contributed by atoms with E-state index in [0.717, 1.165) is 48.4 Å². The predicted octanol–water partition coefficient (Wildman–Crippen LogP) is 3.50. The van der Waals surface area contributed by atoms with Crippen molar-refractivity contribution in [1.82, 2.24) is 14.8 Å². The molecule has 196 valence electrons. The van der Waals surface area contributed by atoms with Crippen molar-refractivity contribution in [2.24, 2.45) is 0 Å². The van der Waals surface area contributed by atoms with E-state index in [1.54, 1.807) is 17.0 Å². The molecular formula is C24H23F3N4O5S. The number of imide groups is 1. The molecule has 5 rings (SSSR count). The Balaban J connectivity index is 1.38. The van der Waals surface area contributed by atoms with Crippen LogP contribution in [0.15, 0.2) is 47.5 Å². The zero-order valence-electron chi connectivity index (χ0n) is 19.6. The van der Waals surface area contributed by atoms with E-state index in [2.05, 4.69) is 4.98 Å². The van der Waals surface area contributed by atoms with Gasteiger partial charge in [0.2, 0.25) is 0 Å². The first-order valence-corrected chi connectivity index (χ1v) is 13.3. The molecule has 0 atom stereocenters. The number of halogens is 3. The van der Waals surface area contributed by atoms with E-state index in [1.165, 1.54) is 11.1 Å². The van der Waals surface area contributed by atoms with Crippen LogP contribution in [-0.2, 0) is 21.2 Å². The van der Waals surface area contributed by atoms with Crippen LogP contribution in [0.2, 0.25) is 0 Å². The highest BCUT2D eigenvalue weighted by atomic mass is 32.2. The lowest BCUT2D eigenvalue weighted by Gasteiger charge is -2.26. The van der Waals surface area contributed by atoms with Gasteiger partial charge in [0, 0.05) is 25.8 Å². The largest absolute Gasteiger partial charge is 0.501 e. The second kappa shape index (κ2) is 8.82. The minimum atomic E-state index is -5.56. The molecule has 3 aliphatic rings. The van der Waals surface area contributed by atoms with Crippen molar-refractivity contribution in [1.29, 1.82) is 0 Å². The third-order valence-corrected chi connectivity index (χ3v) is 8.50. The van der Waals surface area contributed by atoms with Crippen LogP contribution in [0.3, 0.4) is 0 Å². The van der Waals surface area contributed by atoms with Crippen LogP contribution < -0.4 is 4.90 Å². The van der Waals surface area contributed by atoms with Gasteiger partial charge >= 0.3 is 11.5 Å². The summed E-state index contributed by atoms with van der Waals surface area (Å²) < 4.78 is 61.9. The maximum absolute atomic E-state index is 13.3. The number of hydrogen-bond donors (Lipinski definition) is 0. The summed E-state index contributed by atoms with van der Waals surface area (Å²) in [5.41, 5.74) is -5.72. The molecule has 1 saturated carbocycles. The number of carbonyl (C=O) groups excluding carboxylic acids is 3. The summed E-state index contributed by atoms with van der Waals surface area (Å²) in [7, 11) is -5.56. The molecule has 1 aliphatic carbocycles. The van der Waals surface area contributed by atoms with Crippen molar-refractivity contribution < 1.29 is 36.0 Å². The summed E-state index contributed by atoms with van der Waals surface area (Å²) in [6, 6.07) is 6.05. The second-order valence-corrected chi connectivity index (χ2v) is 11.3. The van der Waals surface area contributed by atoms with E-state index in [9.17, 15) is 36.0 Å². The minimum Gasteiger partial charge on any atom is -0.337 e. The fourth-order valence-electron chi connectivity index (χ4n) is 4.80. The molecular weight excluding hydrogens is 513 g/mol. The Kier molecular flexibility index (Phi) is 6.00. The summed E-state index contributed by atoms with van der Waals surface area (Å²) in [5.74, 6) is -0.718. The zero-order chi connectivity index (χ0) is 26.6. The summed E-state index contributed by atoms with van der Waals surface area (Å²) >= 11 is 0. The van der Waals surface area contributed by atoms with Gasteiger partial charge in [0.15, 0.2) is 0 Å². The number of sulfone groups is 1. The van der Waals surface area contributed by atoms with Crippen LogP contribution >= 0.6 is 0 Å². The van der Waals surface area contributed by atoms with Crippen molar-refractivity contribution in [3.63, 3.8) is 0 Å². The van der Waals surface area contributed by atoms with Crippen LogP contribution in [0.5, 0.6) is 0 Å². The molecule has 13 heteroatoms. The fraction of sp³-hybridized carbons (Fsp3) is 0.417. The third kappa shape index (κ3) is 4.24. The average molecular weight is 537 g/mol. The summed E-state index contributed by atoms with van der Waals surface area (Å²) in [5, 5.41) is 0. The van der Waals surface area contributed by atoms with Crippen molar-refractivity contribution >= 4 is 33.4 Å². The standard InChI is InChI=1S/C24H23F3N4O5S/c25-24(26,27)37(35,36)18-6-4-17(5-7-18)31-21(33)23(9-10-23)30(22(31)34)15-16-8-11-28-19(14-16)20(32)29-12-2-1-3-13-29/h4-8,11,14H,1-3,9-10,12-13,15H2. The number of carbonyl (C=O) groups is 3. The number of rotatable bonds is 5. The molecule has 9 nitrogen and oxygen atoms in total. The van der Waals surface area contributed by atoms with Gasteiger partial charge in [0.25, 0.3) is 21.7 Å².